The van der Waals surface area contributed by atoms with Gasteiger partial charge in [-0.1, -0.05) is 11.6 Å². The van der Waals surface area contributed by atoms with Crippen LogP contribution in [0.2, 0.25) is 5.15 Å². The van der Waals surface area contributed by atoms with Crippen molar-refractivity contribution in [2.24, 2.45) is 0 Å². The van der Waals surface area contributed by atoms with E-state index in [1.165, 1.54) is 0 Å². The number of rotatable bonds is 4. The molecule has 2 amide bonds. The molecule has 9 nitrogen and oxygen atoms in total. The van der Waals surface area contributed by atoms with E-state index in [4.69, 9.17) is 16.3 Å². The molecule has 0 unspecified atom stereocenters. The molecule has 0 aliphatic carbocycles. The van der Waals surface area contributed by atoms with Gasteiger partial charge >= 0.3 is 6.09 Å². The highest BCUT2D eigenvalue weighted by atomic mass is 35.5. The predicted molar refractivity (Wildman–Crippen MR) is 119 cm³/mol. The summed E-state index contributed by atoms with van der Waals surface area (Å²) in [6.45, 7) is 4.49. The lowest BCUT2D eigenvalue weighted by Crippen LogP contribution is -2.53. The van der Waals surface area contributed by atoms with Gasteiger partial charge in [-0.15, -0.1) is 0 Å². The minimum atomic E-state index is -0.747. The van der Waals surface area contributed by atoms with Gasteiger partial charge in [0.1, 0.15) is 24.1 Å². The zero-order chi connectivity index (χ0) is 23.3. The molecule has 2 fully saturated rings. The maximum Gasteiger partial charge on any atom is 0.410 e. The molecule has 5 rings (SSSR count). The molecule has 2 aliphatic rings. The zero-order valence-corrected chi connectivity index (χ0v) is 19.1. The van der Waals surface area contributed by atoms with Gasteiger partial charge in [0, 0.05) is 48.2 Å². The average Bonchev–Trinajstić information content (AvgIpc) is 3.52. The van der Waals surface area contributed by atoms with Gasteiger partial charge in [-0.3, -0.25) is 19.2 Å². The number of H-pyrrole nitrogens is 1. The number of hydrogen-bond donors (Lipinski definition) is 1. The van der Waals surface area contributed by atoms with Crippen LogP contribution in [0.1, 0.15) is 42.7 Å². The highest BCUT2D eigenvalue weighted by Gasteiger charge is 2.45. The van der Waals surface area contributed by atoms with Crippen LogP contribution in [0, 0.1) is 0 Å². The minimum absolute atomic E-state index is 0.00579. The van der Waals surface area contributed by atoms with Crippen molar-refractivity contribution in [3.8, 4) is 11.1 Å². The lowest BCUT2D eigenvalue weighted by atomic mass is 9.97. The molecular formula is C22H24ClFN6O3. The molecule has 0 saturated carbocycles. The van der Waals surface area contributed by atoms with Crippen LogP contribution in [-0.2, 0) is 11.4 Å². The third-order valence-electron chi connectivity index (χ3n) is 6.43. The summed E-state index contributed by atoms with van der Waals surface area (Å²) >= 11 is 6.56. The molecule has 11 heteroatoms. The number of likely N-dealkylation sites (tertiary alicyclic amines) is 1. The van der Waals surface area contributed by atoms with Crippen LogP contribution < -0.4 is 0 Å². The molecule has 0 spiro atoms. The Morgan fingerprint density at radius 3 is 2.70 bits per heavy atom. The molecule has 2 saturated heterocycles. The molecule has 174 valence electrons. The molecule has 0 bridgehead atoms. The lowest BCUT2D eigenvalue weighted by molar-refractivity contribution is 0.0585. The number of hydrogen-bond acceptors (Lipinski definition) is 5. The second-order valence-corrected chi connectivity index (χ2v) is 9.44. The van der Waals surface area contributed by atoms with Crippen molar-refractivity contribution in [1.82, 2.24) is 29.4 Å². The van der Waals surface area contributed by atoms with Crippen LogP contribution in [0.15, 0.2) is 24.7 Å². The average molecular weight is 475 g/mol. The van der Waals surface area contributed by atoms with Gasteiger partial charge in [0.05, 0.1) is 11.7 Å². The summed E-state index contributed by atoms with van der Waals surface area (Å²) in [6.07, 6.45) is 6.01. The van der Waals surface area contributed by atoms with Crippen LogP contribution in [0.25, 0.3) is 16.8 Å². The fourth-order valence-electron chi connectivity index (χ4n) is 4.73. The number of carbonyl (C=O) groups is 2. The summed E-state index contributed by atoms with van der Waals surface area (Å²) in [6, 6.07) is 1.69. The fraction of sp³-hybridized carbons (Fsp3) is 0.455. The number of carbonyl (C=O) groups excluding carboxylic acids is 2. The maximum atomic E-state index is 13.8. The molecule has 3 aromatic heterocycles. The number of imidazole rings is 1. The molecule has 0 aromatic carbocycles. The first-order valence-electron chi connectivity index (χ1n) is 10.8. The summed E-state index contributed by atoms with van der Waals surface area (Å²) in [5.74, 6) is -0.305. The molecule has 3 aromatic rings. The smallest absolute Gasteiger partial charge is 0.410 e. The Kier molecular flexibility index (Phi) is 5.27. The number of aromatic amines is 1. The second kappa shape index (κ2) is 8.02. The van der Waals surface area contributed by atoms with E-state index < -0.39 is 6.67 Å². The van der Waals surface area contributed by atoms with Gasteiger partial charge in [0.2, 0.25) is 0 Å². The Balaban J connectivity index is 1.39. The van der Waals surface area contributed by atoms with Crippen molar-refractivity contribution in [2.75, 3.05) is 19.7 Å². The Labute approximate surface area is 194 Å². The van der Waals surface area contributed by atoms with Crippen molar-refractivity contribution in [2.45, 2.75) is 44.9 Å². The quantitative estimate of drug-likeness (QED) is 0.622. The third kappa shape index (κ3) is 3.62. The molecule has 33 heavy (non-hydrogen) atoms. The van der Waals surface area contributed by atoms with E-state index in [9.17, 15) is 14.0 Å². The number of halogens is 2. The number of cyclic esters (lactones) is 1. The normalized spacial score (nSPS) is 18.8. The highest BCUT2D eigenvalue weighted by molar-refractivity contribution is 6.33. The van der Waals surface area contributed by atoms with Crippen molar-refractivity contribution in [3.63, 3.8) is 0 Å². The number of piperidine rings is 1. The number of pyridine rings is 1. The summed E-state index contributed by atoms with van der Waals surface area (Å²) in [5, 5.41) is 6.80. The number of nitrogens with zero attached hydrogens (tertiary/aromatic N) is 5. The summed E-state index contributed by atoms with van der Waals surface area (Å²) < 4.78 is 20.6. The monoisotopic (exact) mass is 474 g/mol. The molecule has 5 heterocycles. The first-order valence-corrected chi connectivity index (χ1v) is 11.2. The zero-order valence-electron chi connectivity index (χ0n) is 18.3. The minimum Gasteiger partial charge on any atom is -0.447 e. The maximum absolute atomic E-state index is 13.8. The van der Waals surface area contributed by atoms with E-state index in [1.54, 1.807) is 38.9 Å². The predicted octanol–water partition coefficient (Wildman–Crippen LogP) is 3.68. The standard InChI is InChI=1S/C22H24ClFN6O3/c1-22(2)12-33-21(32)30(22)16-3-5-28(6-4-16)20(31)17-18(23)29-11-14(15-9-25-26-10-15)7-13(8-24)19(29)27-17/h7,9-11,16H,3-6,8,12H2,1-2H3,(H,25,26). The van der Waals surface area contributed by atoms with Crippen LogP contribution in [0.5, 0.6) is 0 Å². The number of alkyl halides is 1. The van der Waals surface area contributed by atoms with Gasteiger partial charge in [-0.2, -0.15) is 5.10 Å². The number of ether oxygens (including phenoxy) is 1. The molecule has 0 radical (unpaired) electrons. The summed E-state index contributed by atoms with van der Waals surface area (Å²) in [7, 11) is 0. The Morgan fingerprint density at radius 2 is 2.09 bits per heavy atom. The number of nitrogens with one attached hydrogen (secondary N) is 1. The highest BCUT2D eigenvalue weighted by Crippen LogP contribution is 2.32. The third-order valence-corrected chi connectivity index (χ3v) is 6.79. The van der Waals surface area contributed by atoms with Crippen molar-refractivity contribution in [3.05, 3.63) is 41.1 Å². The molecule has 0 atom stereocenters. The van der Waals surface area contributed by atoms with Gasteiger partial charge in [-0.05, 0) is 32.8 Å². The van der Waals surface area contributed by atoms with E-state index in [-0.39, 0.29) is 34.4 Å². The van der Waals surface area contributed by atoms with Gasteiger partial charge in [0.25, 0.3) is 5.91 Å². The SMILES string of the molecule is CC1(C)COC(=O)N1C1CCN(C(=O)c2nc3c(CF)cc(-c4cn[nH]c4)cn3c2Cl)CC1. The van der Waals surface area contributed by atoms with Crippen molar-refractivity contribution < 1.29 is 18.7 Å². The summed E-state index contributed by atoms with van der Waals surface area (Å²) in [5.41, 5.74) is 1.86. The number of amides is 2. The Bertz CT molecular complexity index is 1220. The molecule has 1 N–H and O–H groups in total. The fourth-order valence-corrected chi connectivity index (χ4v) is 4.98. The van der Waals surface area contributed by atoms with E-state index in [1.807, 2.05) is 13.8 Å². The van der Waals surface area contributed by atoms with E-state index >= 15 is 0 Å². The van der Waals surface area contributed by atoms with Crippen molar-refractivity contribution in [1.29, 1.82) is 0 Å². The largest absolute Gasteiger partial charge is 0.447 e. The van der Waals surface area contributed by atoms with E-state index in [0.29, 0.717) is 49.3 Å². The number of fused-ring (bicyclic) bond motifs is 1. The topological polar surface area (TPSA) is 95.8 Å². The lowest BCUT2D eigenvalue weighted by Gasteiger charge is -2.40. The van der Waals surface area contributed by atoms with Crippen LogP contribution in [0.3, 0.4) is 0 Å². The molecule has 2 aliphatic heterocycles. The van der Waals surface area contributed by atoms with Gasteiger partial charge in [0.15, 0.2) is 5.69 Å². The first-order chi connectivity index (χ1) is 15.8. The Morgan fingerprint density at radius 1 is 1.33 bits per heavy atom. The molecular weight excluding hydrogens is 451 g/mol. The van der Waals surface area contributed by atoms with Crippen LogP contribution in [-0.4, -0.2) is 72.7 Å². The van der Waals surface area contributed by atoms with Crippen molar-refractivity contribution >= 4 is 29.2 Å². The van der Waals surface area contributed by atoms with E-state index in [0.717, 1.165) is 5.56 Å². The summed E-state index contributed by atoms with van der Waals surface area (Å²) in [4.78, 5) is 33.4. The van der Waals surface area contributed by atoms with Gasteiger partial charge in [-0.25, -0.2) is 14.2 Å². The second-order valence-electron chi connectivity index (χ2n) is 9.08. The van der Waals surface area contributed by atoms with Crippen LogP contribution in [0.4, 0.5) is 9.18 Å². The first kappa shape index (κ1) is 21.7. The number of aromatic nitrogens is 4. The Hall–Kier alpha value is -3.14. The van der Waals surface area contributed by atoms with E-state index in [2.05, 4.69) is 15.2 Å². The van der Waals surface area contributed by atoms with Crippen LogP contribution >= 0.6 is 11.6 Å². The van der Waals surface area contributed by atoms with Gasteiger partial charge < -0.3 is 9.64 Å².